The predicted octanol–water partition coefficient (Wildman–Crippen LogP) is 0.232. The average molecular weight is 294 g/mol. The molecule has 0 radical (unpaired) electrons. The number of ether oxygens (including phenoxy) is 2. The highest BCUT2D eigenvalue weighted by Crippen LogP contribution is 2.12. The van der Waals surface area contributed by atoms with Gasteiger partial charge in [0, 0.05) is 5.56 Å². The maximum absolute atomic E-state index is 11.9. The van der Waals surface area contributed by atoms with Crippen molar-refractivity contribution < 1.29 is 23.9 Å². The van der Waals surface area contributed by atoms with E-state index in [-0.39, 0.29) is 13.2 Å². The zero-order valence-electron chi connectivity index (χ0n) is 11.9. The first kappa shape index (κ1) is 16.5. The molecule has 0 bridgehead atoms. The van der Waals surface area contributed by atoms with Gasteiger partial charge in [-0.05, 0) is 38.1 Å². The van der Waals surface area contributed by atoms with Gasteiger partial charge in [-0.2, -0.15) is 0 Å². The fourth-order valence-electron chi connectivity index (χ4n) is 1.46. The Balaban J connectivity index is 2.58. The third kappa shape index (κ3) is 5.52. The van der Waals surface area contributed by atoms with Gasteiger partial charge in [0.25, 0.3) is 11.8 Å². The number of hydrogen-bond donors (Lipinski definition) is 2. The van der Waals surface area contributed by atoms with E-state index in [1.807, 2.05) is 0 Å². The van der Waals surface area contributed by atoms with Crippen LogP contribution in [0.4, 0.5) is 0 Å². The van der Waals surface area contributed by atoms with E-state index in [9.17, 15) is 14.4 Å². The molecule has 0 saturated heterocycles. The standard InChI is InChI=1S/C14H18N2O5/c1-3-20-14(19)9(2)16-13(18)10-4-6-11(7-5-10)21-8-12(15)17/h4-7,9H,3,8H2,1-2H3,(H2,15,17)(H,16,18). The molecular weight excluding hydrogens is 276 g/mol. The van der Waals surface area contributed by atoms with Crippen LogP contribution >= 0.6 is 0 Å². The number of nitrogens with two attached hydrogens (primary N) is 1. The molecule has 2 amide bonds. The minimum atomic E-state index is -0.733. The molecule has 1 atom stereocenters. The van der Waals surface area contributed by atoms with Gasteiger partial charge < -0.3 is 20.5 Å². The largest absolute Gasteiger partial charge is 0.484 e. The Bertz CT molecular complexity index is 513. The normalized spacial score (nSPS) is 11.3. The SMILES string of the molecule is CCOC(=O)C(C)NC(=O)c1ccc(OCC(N)=O)cc1. The van der Waals surface area contributed by atoms with Crippen LogP contribution in [-0.4, -0.2) is 37.0 Å². The summed E-state index contributed by atoms with van der Waals surface area (Å²) in [5.41, 5.74) is 5.31. The van der Waals surface area contributed by atoms with E-state index in [1.54, 1.807) is 13.8 Å². The quantitative estimate of drug-likeness (QED) is 0.700. The molecule has 0 fully saturated rings. The molecule has 0 aliphatic carbocycles. The predicted molar refractivity (Wildman–Crippen MR) is 74.7 cm³/mol. The molecule has 0 aliphatic rings. The van der Waals surface area contributed by atoms with E-state index in [2.05, 4.69) is 5.32 Å². The van der Waals surface area contributed by atoms with Crippen molar-refractivity contribution in [1.29, 1.82) is 0 Å². The highest BCUT2D eigenvalue weighted by Gasteiger charge is 2.17. The molecule has 3 N–H and O–H groups in total. The Hall–Kier alpha value is -2.57. The lowest BCUT2D eigenvalue weighted by atomic mass is 10.2. The Kier molecular flexibility index (Phi) is 6.19. The number of hydrogen-bond acceptors (Lipinski definition) is 5. The van der Waals surface area contributed by atoms with Crippen molar-refractivity contribution in [1.82, 2.24) is 5.32 Å². The molecule has 0 saturated carbocycles. The van der Waals surface area contributed by atoms with Crippen molar-refractivity contribution in [2.45, 2.75) is 19.9 Å². The van der Waals surface area contributed by atoms with E-state index >= 15 is 0 Å². The zero-order valence-corrected chi connectivity index (χ0v) is 11.9. The first-order valence-electron chi connectivity index (χ1n) is 6.42. The third-order valence-corrected chi connectivity index (χ3v) is 2.49. The van der Waals surface area contributed by atoms with Gasteiger partial charge >= 0.3 is 5.97 Å². The fraction of sp³-hybridized carbons (Fsp3) is 0.357. The number of nitrogens with one attached hydrogen (secondary N) is 1. The lowest BCUT2D eigenvalue weighted by Gasteiger charge is -2.12. The maximum atomic E-state index is 11.9. The number of carbonyl (C=O) groups excluding carboxylic acids is 3. The molecule has 0 spiro atoms. The minimum absolute atomic E-state index is 0.231. The van der Waals surface area contributed by atoms with Crippen LogP contribution < -0.4 is 15.8 Å². The molecule has 1 rings (SSSR count). The molecule has 0 heterocycles. The van der Waals surface area contributed by atoms with Gasteiger partial charge in [-0.15, -0.1) is 0 Å². The fourth-order valence-corrected chi connectivity index (χ4v) is 1.46. The highest BCUT2D eigenvalue weighted by molar-refractivity contribution is 5.96. The smallest absolute Gasteiger partial charge is 0.328 e. The van der Waals surface area contributed by atoms with Crippen LogP contribution in [-0.2, 0) is 14.3 Å². The number of benzene rings is 1. The van der Waals surface area contributed by atoms with Crippen molar-refractivity contribution in [2.75, 3.05) is 13.2 Å². The van der Waals surface area contributed by atoms with Crippen LogP contribution in [0, 0.1) is 0 Å². The van der Waals surface area contributed by atoms with Crippen molar-refractivity contribution in [3.8, 4) is 5.75 Å². The van der Waals surface area contributed by atoms with Crippen LogP contribution in [0.5, 0.6) is 5.75 Å². The topological polar surface area (TPSA) is 108 Å². The van der Waals surface area contributed by atoms with E-state index in [1.165, 1.54) is 24.3 Å². The monoisotopic (exact) mass is 294 g/mol. The molecule has 1 aromatic rings. The Morgan fingerprint density at radius 2 is 1.86 bits per heavy atom. The minimum Gasteiger partial charge on any atom is -0.484 e. The molecule has 7 heteroatoms. The van der Waals surface area contributed by atoms with Gasteiger partial charge in [0.2, 0.25) is 0 Å². The van der Waals surface area contributed by atoms with Gasteiger partial charge in [-0.25, -0.2) is 4.79 Å². The van der Waals surface area contributed by atoms with Crippen molar-refractivity contribution in [3.63, 3.8) is 0 Å². The second kappa shape index (κ2) is 7.88. The molecule has 21 heavy (non-hydrogen) atoms. The lowest BCUT2D eigenvalue weighted by molar-refractivity contribution is -0.144. The maximum Gasteiger partial charge on any atom is 0.328 e. The van der Waals surface area contributed by atoms with Crippen molar-refractivity contribution in [2.24, 2.45) is 5.73 Å². The molecule has 0 aliphatic heterocycles. The van der Waals surface area contributed by atoms with Gasteiger partial charge in [-0.1, -0.05) is 0 Å². The van der Waals surface area contributed by atoms with Crippen LogP contribution in [0.3, 0.4) is 0 Å². The number of carbonyl (C=O) groups is 3. The molecule has 7 nitrogen and oxygen atoms in total. The van der Waals surface area contributed by atoms with E-state index in [0.29, 0.717) is 11.3 Å². The Labute approximate surface area is 122 Å². The van der Waals surface area contributed by atoms with Gasteiger partial charge in [0.1, 0.15) is 11.8 Å². The number of primary amides is 1. The highest BCUT2D eigenvalue weighted by atomic mass is 16.5. The van der Waals surface area contributed by atoms with Gasteiger partial charge in [0.15, 0.2) is 6.61 Å². The molecule has 1 aromatic carbocycles. The average Bonchev–Trinajstić information content (AvgIpc) is 2.45. The van der Waals surface area contributed by atoms with Gasteiger partial charge in [0.05, 0.1) is 6.61 Å². The van der Waals surface area contributed by atoms with Crippen molar-refractivity contribution >= 4 is 17.8 Å². The number of rotatable bonds is 7. The summed E-state index contributed by atoms with van der Waals surface area (Å²) in [4.78, 5) is 33.9. The molecular formula is C14H18N2O5. The van der Waals surface area contributed by atoms with Crippen LogP contribution in [0.25, 0.3) is 0 Å². The van der Waals surface area contributed by atoms with E-state index < -0.39 is 23.8 Å². The summed E-state index contributed by atoms with van der Waals surface area (Å²) in [7, 11) is 0. The summed E-state index contributed by atoms with van der Waals surface area (Å²) < 4.78 is 9.87. The van der Waals surface area contributed by atoms with Crippen LogP contribution in [0.2, 0.25) is 0 Å². The Morgan fingerprint density at radius 1 is 1.24 bits per heavy atom. The second-order valence-corrected chi connectivity index (χ2v) is 4.23. The summed E-state index contributed by atoms with van der Waals surface area (Å²) >= 11 is 0. The van der Waals surface area contributed by atoms with Crippen LogP contribution in [0.15, 0.2) is 24.3 Å². The third-order valence-electron chi connectivity index (χ3n) is 2.49. The first-order chi connectivity index (χ1) is 9.93. The molecule has 0 aromatic heterocycles. The molecule has 114 valence electrons. The van der Waals surface area contributed by atoms with E-state index in [4.69, 9.17) is 15.2 Å². The van der Waals surface area contributed by atoms with Crippen molar-refractivity contribution in [3.05, 3.63) is 29.8 Å². The lowest BCUT2D eigenvalue weighted by Crippen LogP contribution is -2.39. The number of esters is 1. The summed E-state index contributed by atoms with van der Waals surface area (Å²) in [5.74, 6) is -1.06. The van der Waals surface area contributed by atoms with Crippen LogP contribution in [0.1, 0.15) is 24.2 Å². The summed E-state index contributed by atoms with van der Waals surface area (Å²) in [6.45, 7) is 3.26. The summed E-state index contributed by atoms with van der Waals surface area (Å²) in [6, 6.07) is 5.37. The van der Waals surface area contributed by atoms with E-state index in [0.717, 1.165) is 0 Å². The second-order valence-electron chi connectivity index (χ2n) is 4.23. The molecule has 1 unspecified atom stereocenters. The zero-order chi connectivity index (χ0) is 15.8. The Morgan fingerprint density at radius 3 is 2.38 bits per heavy atom. The van der Waals surface area contributed by atoms with Gasteiger partial charge in [-0.3, -0.25) is 9.59 Å². The summed E-state index contributed by atoms with van der Waals surface area (Å²) in [6.07, 6.45) is 0. The summed E-state index contributed by atoms with van der Waals surface area (Å²) in [5, 5.41) is 2.52. The number of amides is 2. The first-order valence-corrected chi connectivity index (χ1v) is 6.42.